The van der Waals surface area contributed by atoms with Gasteiger partial charge in [-0.2, -0.15) is 0 Å². The lowest BCUT2D eigenvalue weighted by atomic mass is 9.76. The number of hydrogen-bond donors (Lipinski definition) is 1. The van der Waals surface area contributed by atoms with Crippen LogP contribution in [0, 0.1) is 0 Å². The second kappa shape index (κ2) is 14.2. The van der Waals surface area contributed by atoms with Gasteiger partial charge in [0.2, 0.25) is 0 Å². The predicted octanol–water partition coefficient (Wildman–Crippen LogP) is 8.12. The molecule has 0 amide bonds. The summed E-state index contributed by atoms with van der Waals surface area (Å²) in [5.74, 6) is -0.421. The Hall–Kier alpha value is -5.29. The van der Waals surface area contributed by atoms with E-state index < -0.39 is 23.2 Å². The minimum absolute atomic E-state index is 0.0135. The maximum Gasteiger partial charge on any atom is 0.325 e. The van der Waals surface area contributed by atoms with Gasteiger partial charge in [-0.15, -0.1) is 0 Å². The largest absolute Gasteiger partial charge is 0.468 e. The summed E-state index contributed by atoms with van der Waals surface area (Å²) in [4.78, 5) is 13.8. The van der Waals surface area contributed by atoms with Crippen molar-refractivity contribution in [2.45, 2.75) is 17.2 Å². The van der Waals surface area contributed by atoms with E-state index in [4.69, 9.17) is 9.47 Å². The summed E-state index contributed by atoms with van der Waals surface area (Å²) in [6.07, 6.45) is 0. The van der Waals surface area contributed by atoms with E-state index in [2.05, 4.69) is 78.1 Å². The van der Waals surface area contributed by atoms with E-state index in [1.807, 2.05) is 109 Å². The minimum atomic E-state index is -1.01. The number of nitrogens with one attached hydrogen (secondary N) is 1. The van der Waals surface area contributed by atoms with Gasteiger partial charge >= 0.3 is 5.97 Å². The maximum absolute atomic E-state index is 13.8. The third-order valence-corrected chi connectivity index (χ3v) is 8.50. The van der Waals surface area contributed by atoms with Crippen molar-refractivity contribution in [3.63, 3.8) is 0 Å². The number of carbonyl (C=O) groups is 1. The first-order chi connectivity index (χ1) is 22.7. The van der Waals surface area contributed by atoms with E-state index in [0.29, 0.717) is 0 Å². The highest BCUT2D eigenvalue weighted by Crippen LogP contribution is 2.42. The molecular weight excluding hydrogens is 566 g/mol. The zero-order valence-corrected chi connectivity index (χ0v) is 25.8. The molecule has 0 unspecified atom stereocenters. The van der Waals surface area contributed by atoms with Crippen LogP contribution in [0.5, 0.6) is 0 Å². The Morgan fingerprint density at radius 1 is 0.500 bits per heavy atom. The Morgan fingerprint density at radius 3 is 1.07 bits per heavy atom. The van der Waals surface area contributed by atoms with Gasteiger partial charge in [-0.1, -0.05) is 182 Å². The van der Waals surface area contributed by atoms with Crippen LogP contribution in [0.15, 0.2) is 182 Å². The van der Waals surface area contributed by atoms with Crippen molar-refractivity contribution < 1.29 is 14.3 Å². The second-order valence-corrected chi connectivity index (χ2v) is 11.2. The van der Waals surface area contributed by atoms with Gasteiger partial charge < -0.3 is 9.47 Å². The number of esters is 1. The molecule has 6 aromatic carbocycles. The number of ether oxygens (including phenoxy) is 2. The van der Waals surface area contributed by atoms with Crippen LogP contribution in [-0.4, -0.2) is 25.7 Å². The zero-order valence-electron chi connectivity index (χ0n) is 25.8. The number of benzene rings is 6. The first-order valence-electron chi connectivity index (χ1n) is 15.5. The first kappa shape index (κ1) is 30.7. The molecule has 0 aromatic heterocycles. The Bertz CT molecular complexity index is 1600. The third-order valence-electron chi connectivity index (χ3n) is 8.50. The molecule has 0 heterocycles. The highest BCUT2D eigenvalue weighted by Gasteiger charge is 2.43. The summed E-state index contributed by atoms with van der Waals surface area (Å²) in [7, 11) is 1.42. The molecule has 0 aliphatic heterocycles. The van der Waals surface area contributed by atoms with E-state index in [1.54, 1.807) is 0 Å². The molecule has 6 aromatic rings. The van der Waals surface area contributed by atoms with E-state index >= 15 is 0 Å². The third kappa shape index (κ3) is 6.01. The average Bonchev–Trinajstić information content (AvgIpc) is 3.15. The van der Waals surface area contributed by atoms with Crippen molar-refractivity contribution in [1.82, 2.24) is 5.32 Å². The molecule has 1 N–H and O–H groups in total. The van der Waals surface area contributed by atoms with E-state index in [9.17, 15) is 4.79 Å². The monoisotopic (exact) mass is 603 g/mol. The molecule has 4 heteroatoms. The molecule has 46 heavy (non-hydrogen) atoms. The van der Waals surface area contributed by atoms with Gasteiger partial charge in [0.05, 0.1) is 19.3 Å². The van der Waals surface area contributed by atoms with Crippen LogP contribution in [-0.2, 0) is 25.4 Å². The van der Waals surface area contributed by atoms with Crippen LogP contribution < -0.4 is 5.32 Å². The van der Waals surface area contributed by atoms with Crippen molar-refractivity contribution in [2.24, 2.45) is 0 Å². The molecular formula is C42H37NO3. The van der Waals surface area contributed by atoms with E-state index in [0.717, 1.165) is 33.4 Å². The SMILES string of the molecule is COC(=O)[C@H](COC(c1ccccc1)(c1ccccc1)c1ccccc1)NC(c1ccccc1)(c1ccccc1)c1ccccc1. The normalized spacial score (nSPS) is 12.3. The average molecular weight is 604 g/mol. The van der Waals surface area contributed by atoms with Gasteiger partial charge in [0.1, 0.15) is 11.6 Å². The summed E-state index contributed by atoms with van der Waals surface area (Å²) in [6.45, 7) is 0.0135. The quantitative estimate of drug-likeness (QED) is 0.113. The number of hydrogen-bond acceptors (Lipinski definition) is 4. The van der Waals surface area contributed by atoms with Crippen LogP contribution in [0.3, 0.4) is 0 Å². The van der Waals surface area contributed by atoms with Gasteiger partial charge in [0.25, 0.3) is 0 Å². The summed E-state index contributed by atoms with van der Waals surface area (Å²) in [5, 5.41) is 3.79. The Labute approximate surface area is 271 Å². The summed E-state index contributed by atoms with van der Waals surface area (Å²) >= 11 is 0. The molecule has 1 atom stereocenters. The van der Waals surface area contributed by atoms with Gasteiger partial charge in [-0.3, -0.25) is 10.1 Å². The molecule has 6 rings (SSSR count). The molecule has 0 spiro atoms. The van der Waals surface area contributed by atoms with Crippen LogP contribution in [0.25, 0.3) is 0 Å². The molecule has 0 fully saturated rings. The summed E-state index contributed by atoms with van der Waals surface area (Å²) in [5.41, 5.74) is 3.92. The van der Waals surface area contributed by atoms with Crippen molar-refractivity contribution in [3.05, 3.63) is 215 Å². The summed E-state index contributed by atoms with van der Waals surface area (Å²) < 4.78 is 12.6. The lowest BCUT2D eigenvalue weighted by Crippen LogP contribution is -2.55. The minimum Gasteiger partial charge on any atom is -0.468 e. The zero-order chi connectivity index (χ0) is 31.7. The molecule has 0 bridgehead atoms. The van der Waals surface area contributed by atoms with Crippen LogP contribution in [0.4, 0.5) is 0 Å². The lowest BCUT2D eigenvalue weighted by molar-refractivity contribution is -0.146. The van der Waals surface area contributed by atoms with Gasteiger partial charge in [0, 0.05) is 0 Å². The van der Waals surface area contributed by atoms with Gasteiger partial charge in [0.15, 0.2) is 0 Å². The predicted molar refractivity (Wildman–Crippen MR) is 183 cm³/mol. The van der Waals surface area contributed by atoms with Crippen LogP contribution in [0.1, 0.15) is 33.4 Å². The first-order valence-corrected chi connectivity index (χ1v) is 15.5. The Kier molecular flexibility index (Phi) is 9.49. The molecule has 0 aliphatic carbocycles. The van der Waals surface area contributed by atoms with E-state index in [-0.39, 0.29) is 6.61 Å². The summed E-state index contributed by atoms with van der Waals surface area (Å²) in [6, 6.07) is 60.3. The molecule has 0 radical (unpaired) electrons. The lowest BCUT2D eigenvalue weighted by Gasteiger charge is -2.41. The number of rotatable bonds is 12. The fourth-order valence-electron chi connectivity index (χ4n) is 6.36. The van der Waals surface area contributed by atoms with E-state index in [1.165, 1.54) is 7.11 Å². The molecule has 0 aliphatic rings. The van der Waals surface area contributed by atoms with Crippen LogP contribution in [0.2, 0.25) is 0 Å². The Morgan fingerprint density at radius 2 is 0.783 bits per heavy atom. The van der Waals surface area contributed by atoms with Gasteiger partial charge in [-0.05, 0) is 33.4 Å². The molecule has 0 saturated heterocycles. The topological polar surface area (TPSA) is 47.6 Å². The number of methoxy groups -OCH3 is 1. The van der Waals surface area contributed by atoms with Crippen molar-refractivity contribution in [2.75, 3.05) is 13.7 Å². The van der Waals surface area contributed by atoms with Crippen molar-refractivity contribution in [3.8, 4) is 0 Å². The van der Waals surface area contributed by atoms with Crippen molar-refractivity contribution in [1.29, 1.82) is 0 Å². The standard InChI is InChI=1S/C42H37NO3/c1-45-40(44)39(43-41(33-20-8-2-9-21-33,34-22-10-3-11-23-34)35-24-12-4-13-25-35)32-46-42(36-26-14-5-15-27-36,37-28-16-6-17-29-37)38-30-18-7-19-31-38/h2-31,39,43H,32H2,1H3/t39-/m0/s1. The second-order valence-electron chi connectivity index (χ2n) is 11.2. The smallest absolute Gasteiger partial charge is 0.325 e. The van der Waals surface area contributed by atoms with Gasteiger partial charge in [-0.25, -0.2) is 0 Å². The van der Waals surface area contributed by atoms with Crippen LogP contribution >= 0.6 is 0 Å². The van der Waals surface area contributed by atoms with Crippen molar-refractivity contribution >= 4 is 5.97 Å². The molecule has 4 nitrogen and oxygen atoms in total. The fourth-order valence-corrected chi connectivity index (χ4v) is 6.36. The fraction of sp³-hybridized carbons (Fsp3) is 0.119. The molecule has 0 saturated carbocycles. The maximum atomic E-state index is 13.8. The number of carbonyl (C=O) groups excluding carboxylic acids is 1. The highest BCUT2D eigenvalue weighted by atomic mass is 16.5. The Balaban J connectivity index is 1.51. The highest BCUT2D eigenvalue weighted by molar-refractivity contribution is 5.76. The molecule has 228 valence electrons.